The molecule has 0 fully saturated rings. The third kappa shape index (κ3) is 2.83. The molecule has 2 rings (SSSR count). The van der Waals surface area contributed by atoms with Gasteiger partial charge in [-0.05, 0) is 36.5 Å². The number of aromatic nitrogens is 1. The molecule has 0 radical (unpaired) electrons. The van der Waals surface area contributed by atoms with E-state index in [-0.39, 0.29) is 6.04 Å². The topological polar surface area (TPSA) is 38.9 Å². The van der Waals surface area contributed by atoms with Gasteiger partial charge in [-0.15, -0.1) is 0 Å². The average Bonchev–Trinajstić information content (AvgIpc) is 2.35. The molecule has 2 aromatic rings. The van der Waals surface area contributed by atoms with Crippen LogP contribution in [0.25, 0.3) is 10.9 Å². The quantitative estimate of drug-likeness (QED) is 0.867. The van der Waals surface area contributed by atoms with Crippen LogP contribution >= 0.6 is 0 Å². The number of nitrogens with zero attached hydrogens (tertiary/aromatic N) is 1. The number of para-hydroxylation sites is 1. The molecular weight excluding hydrogens is 208 g/mol. The molecule has 0 aliphatic rings. The molecule has 0 aliphatic carbocycles. The van der Waals surface area contributed by atoms with Crippen molar-refractivity contribution in [3.05, 3.63) is 42.1 Å². The van der Waals surface area contributed by atoms with Gasteiger partial charge in [0.1, 0.15) is 0 Å². The van der Waals surface area contributed by atoms with Gasteiger partial charge < -0.3 is 5.73 Å². The summed E-state index contributed by atoms with van der Waals surface area (Å²) in [5, 5.41) is 1.19. The van der Waals surface area contributed by atoms with Crippen LogP contribution in [0.5, 0.6) is 0 Å². The molecule has 1 aromatic heterocycles. The molecular formula is C15H20N2. The van der Waals surface area contributed by atoms with E-state index in [4.69, 9.17) is 5.73 Å². The number of pyridine rings is 1. The lowest BCUT2D eigenvalue weighted by atomic mass is 9.96. The summed E-state index contributed by atoms with van der Waals surface area (Å²) in [5.41, 5.74) is 8.53. The van der Waals surface area contributed by atoms with Crippen molar-refractivity contribution in [2.75, 3.05) is 0 Å². The van der Waals surface area contributed by atoms with Crippen LogP contribution < -0.4 is 5.73 Å². The molecule has 0 spiro atoms. The SMILES string of the molecule is CC(C)CCC(N)c1ccnc2ccccc12. The minimum Gasteiger partial charge on any atom is -0.324 e. The van der Waals surface area contributed by atoms with Crippen LogP contribution in [-0.4, -0.2) is 4.98 Å². The molecule has 2 nitrogen and oxygen atoms in total. The van der Waals surface area contributed by atoms with Crippen LogP contribution in [0.1, 0.15) is 38.3 Å². The fraction of sp³-hybridized carbons (Fsp3) is 0.400. The monoisotopic (exact) mass is 228 g/mol. The van der Waals surface area contributed by atoms with E-state index in [0.717, 1.165) is 18.4 Å². The Bertz CT molecular complexity index is 486. The van der Waals surface area contributed by atoms with Crippen molar-refractivity contribution in [2.24, 2.45) is 11.7 Å². The zero-order chi connectivity index (χ0) is 12.3. The highest BCUT2D eigenvalue weighted by atomic mass is 14.7. The maximum absolute atomic E-state index is 6.28. The van der Waals surface area contributed by atoms with Crippen molar-refractivity contribution in [1.29, 1.82) is 0 Å². The number of hydrogen-bond donors (Lipinski definition) is 1. The fourth-order valence-corrected chi connectivity index (χ4v) is 2.11. The Kier molecular flexibility index (Phi) is 3.75. The van der Waals surface area contributed by atoms with Crippen molar-refractivity contribution in [1.82, 2.24) is 4.98 Å². The van der Waals surface area contributed by atoms with Gasteiger partial charge in [-0.1, -0.05) is 32.0 Å². The first-order chi connectivity index (χ1) is 8.18. The zero-order valence-electron chi connectivity index (χ0n) is 10.6. The molecule has 1 atom stereocenters. The summed E-state index contributed by atoms with van der Waals surface area (Å²) in [6, 6.07) is 10.4. The summed E-state index contributed by atoms with van der Waals surface area (Å²) in [7, 11) is 0. The van der Waals surface area contributed by atoms with E-state index in [1.807, 2.05) is 30.5 Å². The molecule has 0 amide bonds. The van der Waals surface area contributed by atoms with E-state index < -0.39 is 0 Å². The van der Waals surface area contributed by atoms with E-state index in [2.05, 4.69) is 24.9 Å². The summed E-state index contributed by atoms with van der Waals surface area (Å²) in [4.78, 5) is 4.36. The molecule has 0 bridgehead atoms. The molecule has 17 heavy (non-hydrogen) atoms. The van der Waals surface area contributed by atoms with Gasteiger partial charge >= 0.3 is 0 Å². The zero-order valence-corrected chi connectivity index (χ0v) is 10.6. The second-order valence-electron chi connectivity index (χ2n) is 5.00. The van der Waals surface area contributed by atoms with Crippen molar-refractivity contribution in [2.45, 2.75) is 32.7 Å². The van der Waals surface area contributed by atoms with E-state index in [1.165, 1.54) is 10.9 Å². The Labute approximate surface area is 103 Å². The van der Waals surface area contributed by atoms with Gasteiger partial charge in [-0.25, -0.2) is 0 Å². The Morgan fingerprint density at radius 2 is 1.88 bits per heavy atom. The number of benzene rings is 1. The molecule has 2 heteroatoms. The van der Waals surface area contributed by atoms with Crippen LogP contribution in [0, 0.1) is 5.92 Å². The van der Waals surface area contributed by atoms with Gasteiger partial charge in [0.25, 0.3) is 0 Å². The third-order valence-corrected chi connectivity index (χ3v) is 3.14. The first-order valence-corrected chi connectivity index (χ1v) is 6.27. The highest BCUT2D eigenvalue weighted by Gasteiger charge is 2.10. The second-order valence-corrected chi connectivity index (χ2v) is 5.00. The van der Waals surface area contributed by atoms with Crippen molar-refractivity contribution in [3.8, 4) is 0 Å². The largest absolute Gasteiger partial charge is 0.324 e. The number of hydrogen-bond acceptors (Lipinski definition) is 2. The molecule has 0 aliphatic heterocycles. The van der Waals surface area contributed by atoms with Gasteiger partial charge in [0, 0.05) is 17.6 Å². The molecule has 1 heterocycles. The minimum atomic E-state index is 0.116. The second kappa shape index (κ2) is 5.28. The van der Waals surface area contributed by atoms with Crippen molar-refractivity contribution in [3.63, 3.8) is 0 Å². The normalized spacial score (nSPS) is 13.2. The summed E-state index contributed by atoms with van der Waals surface area (Å²) in [6.45, 7) is 4.47. The van der Waals surface area contributed by atoms with E-state index >= 15 is 0 Å². The standard InChI is InChI=1S/C15H20N2/c1-11(2)7-8-14(16)12-9-10-17-15-6-4-3-5-13(12)15/h3-6,9-11,14H,7-8,16H2,1-2H3. The summed E-state index contributed by atoms with van der Waals surface area (Å²) in [6.07, 6.45) is 4.05. The van der Waals surface area contributed by atoms with Crippen LogP contribution in [0.4, 0.5) is 0 Å². The van der Waals surface area contributed by atoms with Gasteiger partial charge in [-0.3, -0.25) is 4.98 Å². The lowest BCUT2D eigenvalue weighted by Crippen LogP contribution is -2.11. The predicted molar refractivity (Wildman–Crippen MR) is 72.7 cm³/mol. The highest BCUT2D eigenvalue weighted by Crippen LogP contribution is 2.25. The van der Waals surface area contributed by atoms with Crippen LogP contribution in [0.2, 0.25) is 0 Å². The summed E-state index contributed by atoms with van der Waals surface area (Å²) in [5.74, 6) is 0.703. The summed E-state index contributed by atoms with van der Waals surface area (Å²) >= 11 is 0. The lowest BCUT2D eigenvalue weighted by Gasteiger charge is -2.15. The third-order valence-electron chi connectivity index (χ3n) is 3.14. The molecule has 2 N–H and O–H groups in total. The maximum atomic E-state index is 6.28. The van der Waals surface area contributed by atoms with Crippen LogP contribution in [0.3, 0.4) is 0 Å². The Morgan fingerprint density at radius 1 is 1.12 bits per heavy atom. The van der Waals surface area contributed by atoms with E-state index in [1.54, 1.807) is 0 Å². The Morgan fingerprint density at radius 3 is 2.65 bits per heavy atom. The predicted octanol–water partition coefficient (Wildman–Crippen LogP) is 3.67. The van der Waals surface area contributed by atoms with Gasteiger partial charge in [0.2, 0.25) is 0 Å². The smallest absolute Gasteiger partial charge is 0.0705 e. The first kappa shape index (κ1) is 12.1. The molecule has 0 saturated carbocycles. The molecule has 1 unspecified atom stereocenters. The van der Waals surface area contributed by atoms with Gasteiger partial charge in [-0.2, -0.15) is 0 Å². The molecule has 90 valence electrons. The Balaban J connectivity index is 2.28. The van der Waals surface area contributed by atoms with E-state index in [0.29, 0.717) is 5.92 Å². The molecule has 0 saturated heterocycles. The lowest BCUT2D eigenvalue weighted by molar-refractivity contribution is 0.508. The minimum absolute atomic E-state index is 0.116. The number of nitrogens with two attached hydrogens (primary N) is 1. The molecule has 1 aromatic carbocycles. The van der Waals surface area contributed by atoms with Crippen molar-refractivity contribution < 1.29 is 0 Å². The highest BCUT2D eigenvalue weighted by molar-refractivity contribution is 5.82. The average molecular weight is 228 g/mol. The fourth-order valence-electron chi connectivity index (χ4n) is 2.11. The van der Waals surface area contributed by atoms with Gasteiger partial charge in [0.15, 0.2) is 0 Å². The maximum Gasteiger partial charge on any atom is 0.0705 e. The number of fused-ring (bicyclic) bond motifs is 1. The summed E-state index contributed by atoms with van der Waals surface area (Å²) < 4.78 is 0. The Hall–Kier alpha value is -1.41. The van der Waals surface area contributed by atoms with Crippen LogP contribution in [0.15, 0.2) is 36.5 Å². The van der Waals surface area contributed by atoms with E-state index in [9.17, 15) is 0 Å². The number of rotatable bonds is 4. The van der Waals surface area contributed by atoms with Crippen molar-refractivity contribution >= 4 is 10.9 Å². The first-order valence-electron chi connectivity index (χ1n) is 6.27. The van der Waals surface area contributed by atoms with Crippen LogP contribution in [-0.2, 0) is 0 Å². The van der Waals surface area contributed by atoms with Gasteiger partial charge in [0.05, 0.1) is 5.52 Å².